The van der Waals surface area contributed by atoms with Crippen LogP contribution in [0.4, 0.5) is 0 Å². The van der Waals surface area contributed by atoms with Crippen LogP contribution in [0.3, 0.4) is 0 Å². The number of hydrogen-bond donors (Lipinski definition) is 1. The molecule has 2 bridgehead atoms. The van der Waals surface area contributed by atoms with E-state index in [0.29, 0.717) is 5.92 Å². The second kappa shape index (κ2) is 3.81. The van der Waals surface area contributed by atoms with Gasteiger partial charge < -0.3 is 14.6 Å². The number of aliphatic hydroxyl groups is 1. The number of aliphatic hydroxyl groups excluding tert-OH is 1. The van der Waals surface area contributed by atoms with E-state index in [1.54, 1.807) is 0 Å². The van der Waals surface area contributed by atoms with Crippen molar-refractivity contribution in [3.05, 3.63) is 12.2 Å². The van der Waals surface area contributed by atoms with E-state index < -0.39 is 17.5 Å². The van der Waals surface area contributed by atoms with E-state index in [1.807, 2.05) is 6.92 Å². The maximum absolute atomic E-state index is 10.7. The van der Waals surface area contributed by atoms with Gasteiger partial charge in [0.25, 0.3) is 0 Å². The zero-order chi connectivity index (χ0) is 13.1. The molecule has 1 aliphatic carbocycles. The molecule has 5 unspecified atom stereocenters. The molecule has 102 valence electrons. The first-order chi connectivity index (χ1) is 8.38. The molecule has 1 saturated carbocycles. The molecule has 18 heavy (non-hydrogen) atoms. The normalized spacial score (nSPS) is 51.6. The summed E-state index contributed by atoms with van der Waals surface area (Å²) in [5.74, 6) is 0.226. The van der Waals surface area contributed by atoms with Crippen LogP contribution in [-0.2, 0) is 9.47 Å². The predicted octanol–water partition coefficient (Wildman–Crippen LogP) is 2.63. The second-order valence-corrected chi connectivity index (χ2v) is 6.70. The Labute approximate surface area is 109 Å². The lowest BCUT2D eigenvalue weighted by Gasteiger charge is -2.36. The second-order valence-electron chi connectivity index (χ2n) is 6.70. The van der Waals surface area contributed by atoms with Gasteiger partial charge >= 0.3 is 0 Å². The van der Waals surface area contributed by atoms with Gasteiger partial charge in [-0.1, -0.05) is 20.4 Å². The summed E-state index contributed by atoms with van der Waals surface area (Å²) in [6, 6.07) is 0. The van der Waals surface area contributed by atoms with Crippen LogP contribution in [0.5, 0.6) is 0 Å². The Morgan fingerprint density at radius 1 is 1.39 bits per heavy atom. The van der Waals surface area contributed by atoms with Gasteiger partial charge in [0.2, 0.25) is 0 Å². The van der Waals surface area contributed by atoms with Gasteiger partial charge in [-0.15, -0.1) is 0 Å². The summed E-state index contributed by atoms with van der Waals surface area (Å²) < 4.78 is 12.2. The standard InChI is InChI=1S/C15H24O3/c1-9(2)11-6-5-10(3)15-8-7-14(4,18-15)17-13(15)12(11)16/h9,11-13,16H,3,5-8H2,1-2,4H3. The average Bonchev–Trinajstić information content (AvgIpc) is 2.76. The summed E-state index contributed by atoms with van der Waals surface area (Å²) in [5, 5.41) is 10.7. The SMILES string of the molecule is C=C1CCC(C(C)C)C(O)C2OC3(C)CCC12O3. The smallest absolute Gasteiger partial charge is 0.167 e. The number of hydrogen-bond acceptors (Lipinski definition) is 3. The zero-order valence-electron chi connectivity index (χ0n) is 11.6. The minimum absolute atomic E-state index is 0.223. The minimum atomic E-state index is -0.506. The number of fused-ring (bicyclic) bond motifs is 1. The molecule has 3 nitrogen and oxygen atoms in total. The molecule has 3 aliphatic rings. The monoisotopic (exact) mass is 252 g/mol. The molecule has 3 rings (SSSR count). The fourth-order valence-corrected chi connectivity index (χ4v) is 4.02. The molecule has 0 aromatic rings. The summed E-state index contributed by atoms with van der Waals surface area (Å²) in [6.07, 6.45) is 3.11. The molecule has 5 atom stereocenters. The molecule has 3 fully saturated rings. The molecular formula is C15H24O3. The van der Waals surface area contributed by atoms with Gasteiger partial charge in [0.15, 0.2) is 5.79 Å². The minimum Gasteiger partial charge on any atom is -0.390 e. The van der Waals surface area contributed by atoms with E-state index in [1.165, 1.54) is 0 Å². The van der Waals surface area contributed by atoms with Crippen LogP contribution >= 0.6 is 0 Å². The van der Waals surface area contributed by atoms with Gasteiger partial charge in [0, 0.05) is 6.42 Å². The molecule has 2 saturated heterocycles. The van der Waals surface area contributed by atoms with Gasteiger partial charge in [0.05, 0.1) is 6.10 Å². The van der Waals surface area contributed by atoms with Crippen molar-refractivity contribution in [3.8, 4) is 0 Å². The Morgan fingerprint density at radius 2 is 2.11 bits per heavy atom. The molecule has 2 heterocycles. The maximum Gasteiger partial charge on any atom is 0.167 e. The van der Waals surface area contributed by atoms with Gasteiger partial charge in [-0.05, 0) is 43.6 Å². The van der Waals surface area contributed by atoms with Crippen molar-refractivity contribution >= 4 is 0 Å². The van der Waals surface area contributed by atoms with E-state index >= 15 is 0 Å². The predicted molar refractivity (Wildman–Crippen MR) is 69.0 cm³/mol. The summed E-state index contributed by atoms with van der Waals surface area (Å²) in [4.78, 5) is 0. The number of rotatable bonds is 1. The van der Waals surface area contributed by atoms with Crippen molar-refractivity contribution in [2.24, 2.45) is 11.8 Å². The first-order valence-electron chi connectivity index (χ1n) is 7.12. The lowest BCUT2D eigenvalue weighted by atomic mass is 9.80. The van der Waals surface area contributed by atoms with Crippen LogP contribution in [0, 0.1) is 11.8 Å². The Hall–Kier alpha value is -0.380. The molecule has 1 N–H and O–H groups in total. The van der Waals surface area contributed by atoms with Crippen molar-refractivity contribution in [1.82, 2.24) is 0 Å². The van der Waals surface area contributed by atoms with Crippen LogP contribution in [0.1, 0.15) is 46.5 Å². The molecule has 1 spiro atoms. The quantitative estimate of drug-likeness (QED) is 0.729. The summed E-state index contributed by atoms with van der Waals surface area (Å²) in [5.41, 5.74) is 0.702. The van der Waals surface area contributed by atoms with Crippen molar-refractivity contribution in [2.45, 2.75) is 70.1 Å². The van der Waals surface area contributed by atoms with Crippen LogP contribution in [0.2, 0.25) is 0 Å². The summed E-state index contributed by atoms with van der Waals surface area (Å²) >= 11 is 0. The van der Waals surface area contributed by atoms with Crippen LogP contribution < -0.4 is 0 Å². The third kappa shape index (κ3) is 1.54. The molecule has 3 heteroatoms. The molecule has 0 amide bonds. The van der Waals surface area contributed by atoms with Crippen LogP contribution in [0.25, 0.3) is 0 Å². The fraction of sp³-hybridized carbons (Fsp3) is 0.867. The highest BCUT2D eigenvalue weighted by atomic mass is 16.8. The van der Waals surface area contributed by atoms with E-state index in [4.69, 9.17) is 9.47 Å². The number of ether oxygens (including phenoxy) is 2. The summed E-state index contributed by atoms with van der Waals surface area (Å²) in [6.45, 7) is 10.6. The third-order valence-corrected chi connectivity index (χ3v) is 5.17. The van der Waals surface area contributed by atoms with Gasteiger partial charge in [-0.2, -0.15) is 0 Å². The van der Waals surface area contributed by atoms with Crippen LogP contribution in [-0.4, -0.2) is 28.7 Å². The van der Waals surface area contributed by atoms with Crippen molar-refractivity contribution in [1.29, 1.82) is 0 Å². The highest BCUT2D eigenvalue weighted by Crippen LogP contribution is 2.57. The van der Waals surface area contributed by atoms with E-state index in [-0.39, 0.29) is 12.0 Å². The van der Waals surface area contributed by atoms with Gasteiger partial charge in [-0.3, -0.25) is 0 Å². The van der Waals surface area contributed by atoms with Crippen molar-refractivity contribution in [2.75, 3.05) is 0 Å². The third-order valence-electron chi connectivity index (χ3n) is 5.17. The lowest BCUT2D eigenvalue weighted by Crippen LogP contribution is -2.49. The first kappa shape index (κ1) is 12.6. The van der Waals surface area contributed by atoms with E-state index in [9.17, 15) is 5.11 Å². The molecule has 0 aromatic heterocycles. The van der Waals surface area contributed by atoms with Gasteiger partial charge in [-0.25, -0.2) is 0 Å². The largest absolute Gasteiger partial charge is 0.390 e. The molecule has 2 aliphatic heterocycles. The lowest BCUT2D eigenvalue weighted by molar-refractivity contribution is -0.166. The van der Waals surface area contributed by atoms with E-state index in [0.717, 1.165) is 31.3 Å². The molecule has 0 radical (unpaired) electrons. The Bertz CT molecular complexity index is 378. The fourth-order valence-electron chi connectivity index (χ4n) is 4.02. The Kier molecular flexibility index (Phi) is 2.68. The highest BCUT2D eigenvalue weighted by molar-refractivity contribution is 5.26. The Balaban J connectivity index is 1.97. The van der Waals surface area contributed by atoms with Crippen molar-refractivity contribution in [3.63, 3.8) is 0 Å². The van der Waals surface area contributed by atoms with Gasteiger partial charge in [0.1, 0.15) is 11.7 Å². The van der Waals surface area contributed by atoms with Crippen LogP contribution in [0.15, 0.2) is 12.2 Å². The maximum atomic E-state index is 10.7. The molecular weight excluding hydrogens is 228 g/mol. The Morgan fingerprint density at radius 3 is 2.72 bits per heavy atom. The first-order valence-corrected chi connectivity index (χ1v) is 7.12. The zero-order valence-corrected chi connectivity index (χ0v) is 11.6. The summed E-state index contributed by atoms with van der Waals surface area (Å²) in [7, 11) is 0. The van der Waals surface area contributed by atoms with E-state index in [2.05, 4.69) is 20.4 Å². The highest BCUT2D eigenvalue weighted by Gasteiger charge is 2.65. The average molecular weight is 252 g/mol. The van der Waals surface area contributed by atoms with Crippen molar-refractivity contribution < 1.29 is 14.6 Å². The topological polar surface area (TPSA) is 38.7 Å². The molecule has 0 aromatic carbocycles.